The van der Waals surface area contributed by atoms with Crippen molar-refractivity contribution in [3.63, 3.8) is 0 Å². The van der Waals surface area contributed by atoms with Gasteiger partial charge >= 0.3 is 17.1 Å². The highest BCUT2D eigenvalue weighted by atomic mass is 32.7. The predicted octanol–water partition coefficient (Wildman–Crippen LogP) is -2.56. The van der Waals surface area contributed by atoms with Crippen LogP contribution in [0.25, 0.3) is 44.7 Å². The zero-order chi connectivity index (χ0) is 106. The van der Waals surface area contributed by atoms with Crippen molar-refractivity contribution in [2.75, 3.05) is 81.2 Å². The number of rotatable bonds is 41. The number of fused-ring (bicyclic) bond motifs is 4. The van der Waals surface area contributed by atoms with E-state index in [0.29, 0.717) is 17.5 Å². The number of hydrogen-bond donors (Lipinski definition) is 9. The Bertz CT molecular complexity index is 7670. The first-order valence-electron chi connectivity index (χ1n) is 44.2. The molecule has 15 N–H and O–H groups in total. The van der Waals surface area contributed by atoms with Crippen LogP contribution in [-0.4, -0.2) is 239 Å². The summed E-state index contributed by atoms with van der Waals surface area (Å²) in [5.74, 6) is -0.788. The van der Waals surface area contributed by atoms with E-state index in [9.17, 15) is 52.9 Å². The summed E-state index contributed by atoms with van der Waals surface area (Å²) in [4.78, 5) is 223. The number of aromatic amines is 3. The van der Waals surface area contributed by atoms with E-state index in [1.807, 2.05) is 0 Å². The van der Waals surface area contributed by atoms with Crippen molar-refractivity contribution < 1.29 is 130 Å². The predicted molar refractivity (Wildman–Crippen MR) is 523 cm³/mol. The molecule has 7 aliphatic rings. The Morgan fingerprint density at radius 2 is 0.642 bits per heavy atom. The third kappa shape index (κ3) is 24.8. The standard InChI is InChI=1S/C72H95N28O34P7S7/c1-6-32-33(7-51(121-32)99-27-85-55-63(99)89-68(77)91-66(55)102)129-136(108,143)115-18-41-35(8-46(122-41)94-14-29(2)57(73)87-70(94)104)130-138(110,145)117-19-42-36(9-47(123-42)95-15-30(3)58(74)88-71(95)105)131-139(111,146)119-21-44-38(12-50(126-44)98-26-84-54-60(76)80-24-82-62(54)98)133-141(113,148)120-22-45-39(13-52(127-45)100-28-86-56-64(100)90-69(78)92-67(56)103)134-140(112,147)118-20-43-37(10-48(124-43)96-16-31(4)65(101)93-72(96)106)132-137(109,144)116-17-40-34(128-135(107,142)114-5)11-49(125-40)97-25-83-53-59(75)79-23-81-61(53)97/h14-16,23-28,32-52H,6-13,17-22H2,1-5H3,(H,107,142)(H,108,143)(H,109,144)(H,110,145)(H,111,146)(H,112,147)(H,113,148)(H2,73,87,104)(H2,74,88,105)(H2,75,79,81)(H2,76,80,82)(H,93,101,106)(H3,77,89,91,102)(H3,78,90,92,103)/p-7/t32-,33-,34-,35-,36-,37-,38-,39-,40-,41-,42-,43-,44-,45-,46-,47-,48-,49-,50-,51-,52-,135?,136?,137?,138?,139?,140?,141?/m1/s1. The topological polar surface area (TPSA) is 844 Å². The number of anilines is 6. The van der Waals surface area contributed by atoms with Gasteiger partial charge in [0.05, 0.1) is 114 Å². The van der Waals surface area contributed by atoms with Crippen molar-refractivity contribution in [3.05, 3.63) is 136 Å². The number of nitrogens with zero attached hydrogens (tertiary/aromatic N) is 19. The molecule has 0 saturated carbocycles. The normalized spacial score (nSPS) is 29.3. The van der Waals surface area contributed by atoms with E-state index < -0.39 is 269 Å². The molecule has 0 radical (unpaired) electrons. The Hall–Kier alpha value is -7.56. The molecule has 0 aromatic carbocycles. The molecule has 0 bridgehead atoms. The van der Waals surface area contributed by atoms with Crippen LogP contribution < -0.4 is 97.5 Å². The molecule has 7 unspecified atom stereocenters. The lowest BCUT2D eigenvalue weighted by molar-refractivity contribution is -0.221. The summed E-state index contributed by atoms with van der Waals surface area (Å²) in [5, 5.41) is 0. The van der Waals surface area contributed by atoms with Crippen LogP contribution in [0.15, 0.2) is 85.3 Å². The number of imidazole rings is 4. The maximum Gasteiger partial charge on any atom is 0.351 e. The second-order valence-electron chi connectivity index (χ2n) is 34.3. The summed E-state index contributed by atoms with van der Waals surface area (Å²) in [6, 6.07) is 0. The van der Waals surface area contributed by atoms with E-state index in [0.717, 1.165) is 33.5 Å². The summed E-state index contributed by atoms with van der Waals surface area (Å²) in [6.45, 7) is -32.3. The van der Waals surface area contributed by atoms with E-state index in [-0.39, 0.29) is 111 Å². The fourth-order valence-corrected chi connectivity index (χ4v) is 27.1. The van der Waals surface area contributed by atoms with E-state index >= 15 is 9.79 Å². The zero-order valence-corrected chi connectivity index (χ0v) is 89.0. The largest absolute Gasteiger partial charge is 0.780 e. The van der Waals surface area contributed by atoms with E-state index in [1.54, 1.807) is 13.8 Å². The van der Waals surface area contributed by atoms with Crippen LogP contribution in [0.5, 0.6) is 0 Å². The molecule has 18 heterocycles. The second-order valence-corrected chi connectivity index (χ2v) is 53.3. The van der Waals surface area contributed by atoms with Crippen molar-refractivity contribution in [1.29, 1.82) is 0 Å². The van der Waals surface area contributed by atoms with Gasteiger partial charge in [-0.3, -0.25) is 65.9 Å². The number of aryl methyl sites for hydroxylation is 3. The van der Waals surface area contributed by atoms with Gasteiger partial charge in [-0.1, -0.05) is 77.8 Å². The van der Waals surface area contributed by atoms with Crippen LogP contribution >= 0.6 is 47.1 Å². The molecule has 804 valence electrons. The van der Waals surface area contributed by atoms with Crippen LogP contribution in [0.1, 0.15) is 119 Å². The number of ether oxygens (including phenoxy) is 7. The molecule has 7 aliphatic heterocycles. The Morgan fingerprint density at radius 3 is 0.980 bits per heavy atom. The molecule has 28 atom stereocenters. The summed E-state index contributed by atoms with van der Waals surface area (Å²) < 4.78 is 150. The van der Waals surface area contributed by atoms with Crippen LogP contribution in [0.4, 0.5) is 35.2 Å². The van der Waals surface area contributed by atoms with E-state index in [1.165, 1.54) is 76.0 Å². The number of aromatic nitrogens is 22. The highest BCUT2D eigenvalue weighted by Gasteiger charge is 2.50. The third-order valence-electron chi connectivity index (χ3n) is 24.5. The average Bonchev–Trinajstić information content (AvgIpc) is 1.62. The van der Waals surface area contributed by atoms with E-state index in [4.69, 9.17) is 214 Å². The molecule has 0 aliphatic carbocycles. The molecule has 11 aromatic heterocycles. The number of hydrogen-bond acceptors (Lipinski definition) is 59. The van der Waals surface area contributed by atoms with Gasteiger partial charge in [-0.2, -0.15) is 19.9 Å². The van der Waals surface area contributed by atoms with Crippen LogP contribution in [-0.2, 0) is 184 Å². The minimum atomic E-state index is -5.03. The minimum absolute atomic E-state index is 0.00564. The van der Waals surface area contributed by atoms with Crippen molar-refractivity contribution in [2.45, 2.75) is 208 Å². The number of H-pyrrole nitrogens is 3. The smallest absolute Gasteiger partial charge is 0.351 e. The van der Waals surface area contributed by atoms with Crippen molar-refractivity contribution in [2.24, 2.45) is 0 Å². The van der Waals surface area contributed by atoms with Crippen LogP contribution in [0.3, 0.4) is 0 Å². The van der Waals surface area contributed by atoms with Crippen LogP contribution in [0, 0.1) is 20.8 Å². The van der Waals surface area contributed by atoms with Gasteiger partial charge < -0.3 is 173 Å². The molecule has 0 amide bonds. The molecule has 11 aromatic rings. The first kappa shape index (κ1) is 110. The number of nitrogens with two attached hydrogens (primary N) is 6. The fraction of sp³-hybridized carbons (Fsp3) is 0.556. The highest BCUT2D eigenvalue weighted by molar-refractivity contribution is 8.32. The Kier molecular flexibility index (Phi) is 32.8. The van der Waals surface area contributed by atoms with Gasteiger partial charge in [0.2, 0.25) is 11.9 Å². The van der Waals surface area contributed by atoms with Gasteiger partial charge in [-0.05, 0) is 27.2 Å². The van der Waals surface area contributed by atoms with Crippen molar-refractivity contribution >= 4 is 210 Å². The molecule has 62 nitrogen and oxygen atoms in total. The lowest BCUT2D eigenvalue weighted by atomic mass is 10.1. The van der Waals surface area contributed by atoms with Gasteiger partial charge in [-0.25, -0.2) is 54.3 Å². The third-order valence-corrected chi connectivity index (χ3v) is 35.6. The Labute approximate surface area is 866 Å². The monoisotopic (exact) mass is 2330 g/mol. The molecular formula is C72H88N28O34P7S7-7. The van der Waals surface area contributed by atoms with Gasteiger partial charge in [0.1, 0.15) is 156 Å². The van der Waals surface area contributed by atoms with Gasteiger partial charge in [-0.15, -0.1) is 0 Å². The maximum atomic E-state index is 15.1. The van der Waals surface area contributed by atoms with Crippen LogP contribution in [0.2, 0.25) is 0 Å². The zero-order valence-electron chi connectivity index (χ0n) is 77.0. The number of nitrogen functional groups attached to an aromatic ring is 6. The maximum absolute atomic E-state index is 15.1. The Balaban J connectivity index is 0.560. The second kappa shape index (κ2) is 44.0. The van der Waals surface area contributed by atoms with Gasteiger partial charge in [0.15, 0.2) is 52.1 Å². The first-order valence-corrected chi connectivity index (χ1v) is 62.1. The summed E-state index contributed by atoms with van der Waals surface area (Å²) >= 11 is 38.2. The molecule has 76 heteroatoms. The minimum Gasteiger partial charge on any atom is -0.780 e. The average molecular weight is 2330 g/mol. The van der Waals surface area contributed by atoms with Crippen molar-refractivity contribution in [3.8, 4) is 0 Å². The molecule has 7 saturated heterocycles. The quantitative estimate of drug-likeness (QED) is 0.0141. The molecule has 148 heavy (non-hydrogen) atoms. The molecular weight excluding hydrogens is 2240 g/mol. The summed E-state index contributed by atoms with van der Waals surface area (Å²) in [5.41, 5.74) is 32.2. The molecule has 18 rings (SSSR count). The summed E-state index contributed by atoms with van der Waals surface area (Å²) in [6.07, 6.45) is -18.5. The Morgan fingerprint density at radius 1 is 0.358 bits per heavy atom. The highest BCUT2D eigenvalue weighted by Crippen LogP contribution is 2.57. The van der Waals surface area contributed by atoms with Gasteiger partial charge in [0.25, 0.3) is 16.7 Å². The summed E-state index contributed by atoms with van der Waals surface area (Å²) in [7, 11) is 1.06. The molecule has 0 spiro atoms. The lowest BCUT2D eigenvalue weighted by Gasteiger charge is -2.36. The van der Waals surface area contributed by atoms with Crippen molar-refractivity contribution in [1.82, 2.24) is 107 Å². The lowest BCUT2D eigenvalue weighted by Crippen LogP contribution is -2.34. The van der Waals surface area contributed by atoms with Gasteiger partial charge in [0, 0.05) is 87.3 Å². The SMILES string of the molecule is CC[C@H]1O[C@@H](n2cnc3c(=O)[nH]c(N)nc32)C[C@H]1OP([O-])(=S)OC[C@H]1O[C@@H](n2cc(C)c(N)nc2=O)C[C@H]1OP(=O)([S-])OC[C@H]1O[C@@H](n2cc(C)c(N)nc2=O)C[C@H]1OP([O-])(=S)OC[C@H]1O[C@@H](n2cnc3c(N)ncnc32)C[C@H]1OP([O-])(=S)OC[C@H]1O[C@@H](n2cnc3c(=O)[nH]c(N)nc32)C[C@H]1OP([O-])(=S)OC[C@H]1O[C@@H](n2cc(C)c(=O)[nH]c2=O)C[C@H]1OP([O-])(=S)OC[C@H]1O[C@@H](n2cnc3c(N)ncnc32)C[C@H]1OP([O-])(=S)OC. The number of nitrogens with one attached hydrogen (secondary N) is 3. The fourth-order valence-electron chi connectivity index (χ4n) is 17.4. The van der Waals surface area contributed by atoms with E-state index in [2.05, 4.69) is 74.8 Å². The first-order chi connectivity index (χ1) is 69.9. The molecule has 7 fully saturated rings.